The Morgan fingerprint density at radius 3 is 3.00 bits per heavy atom. The molecule has 13 heavy (non-hydrogen) atoms. The van der Waals surface area contributed by atoms with Gasteiger partial charge in [-0.3, -0.25) is 4.79 Å². The quantitative estimate of drug-likeness (QED) is 0.632. The molecular weight excluding hydrogens is 170 g/mol. The number of aliphatic carboxylic acids is 1. The van der Waals surface area contributed by atoms with Crippen molar-refractivity contribution in [3.8, 4) is 5.75 Å². The lowest BCUT2D eigenvalue weighted by Crippen LogP contribution is -2.32. The zero-order chi connectivity index (χ0) is 12.5. The van der Waals surface area contributed by atoms with Crippen LogP contribution in [0.5, 0.6) is 5.75 Å². The number of carboxylic acids is 1. The van der Waals surface area contributed by atoms with Gasteiger partial charge in [-0.25, -0.2) is 0 Å². The average Bonchev–Trinajstić information content (AvgIpc) is 2.24. The lowest BCUT2D eigenvalue weighted by molar-refractivity contribution is -0.138. The van der Waals surface area contributed by atoms with Crippen molar-refractivity contribution in [3.05, 3.63) is 29.8 Å². The summed E-state index contributed by atoms with van der Waals surface area (Å²) in [6.45, 7) is 0. The zero-order valence-electron chi connectivity index (χ0n) is 9.69. The first-order valence-corrected chi connectivity index (χ1v) is 3.56. The van der Waals surface area contributed by atoms with Crippen molar-refractivity contribution in [1.82, 2.24) is 0 Å². The van der Waals surface area contributed by atoms with Crippen molar-refractivity contribution >= 4 is 5.97 Å². The largest absolute Gasteiger partial charge is 0.508 e. The third-order valence-corrected chi connectivity index (χ3v) is 1.40. The van der Waals surface area contributed by atoms with Gasteiger partial charge in [0, 0.05) is 1.37 Å². The topological polar surface area (TPSA) is 83.5 Å². The van der Waals surface area contributed by atoms with Crippen LogP contribution in [0.2, 0.25) is 0 Å². The predicted octanol–water partition coefficient (Wildman–Crippen LogP) is 0.347. The molecule has 2 atom stereocenters. The maximum absolute atomic E-state index is 10.6. The Kier molecular flexibility index (Phi) is 1.80. The molecule has 4 nitrogen and oxygen atoms in total. The summed E-state index contributed by atoms with van der Waals surface area (Å²) in [6.07, 6.45) is -1.34. The number of phenolic OH excluding ortho intramolecular Hbond substituents is 1. The van der Waals surface area contributed by atoms with Gasteiger partial charge in [0.2, 0.25) is 0 Å². The number of nitrogens with two attached hydrogens (primary N) is 1. The second kappa shape index (κ2) is 3.91. The first kappa shape index (κ1) is 5.99. The standard InChI is InChI=1S/C9H11NO3/c10-8(9(12)13)5-6-1-3-7(11)4-2-6/h1-4,8,11H,5,10H2,(H,12,13)/t8-/m0/s1/i1D,3D,5D/t5?,8-. The summed E-state index contributed by atoms with van der Waals surface area (Å²) in [5.41, 5.74) is 5.27. The van der Waals surface area contributed by atoms with E-state index in [4.69, 9.17) is 20.1 Å². The summed E-state index contributed by atoms with van der Waals surface area (Å²) in [4.78, 5) is 10.6. The van der Waals surface area contributed by atoms with E-state index in [0.29, 0.717) is 0 Å². The molecule has 4 heteroatoms. The SMILES string of the molecule is [2H]c1c(O)ccc(C([2H])[C@H](N)C(=O)O)c1[2H]. The van der Waals surface area contributed by atoms with Gasteiger partial charge in [-0.2, -0.15) is 0 Å². The van der Waals surface area contributed by atoms with Crippen molar-refractivity contribution in [2.24, 2.45) is 5.73 Å². The van der Waals surface area contributed by atoms with E-state index in [0.717, 1.165) is 6.07 Å². The molecule has 0 heterocycles. The van der Waals surface area contributed by atoms with Crippen LogP contribution in [0.15, 0.2) is 24.2 Å². The van der Waals surface area contributed by atoms with Gasteiger partial charge in [-0.1, -0.05) is 12.1 Å². The minimum absolute atomic E-state index is 0.0118. The Labute approximate surface area is 79.8 Å². The molecule has 0 bridgehead atoms. The summed E-state index contributed by atoms with van der Waals surface area (Å²) in [7, 11) is 0. The Bertz CT molecular complexity index is 425. The predicted molar refractivity (Wildman–Crippen MR) is 47.4 cm³/mol. The average molecular weight is 184 g/mol. The smallest absolute Gasteiger partial charge is 0.320 e. The maximum Gasteiger partial charge on any atom is 0.320 e. The van der Waals surface area contributed by atoms with Crippen LogP contribution in [0.4, 0.5) is 0 Å². The van der Waals surface area contributed by atoms with Crippen LogP contribution in [0.1, 0.15) is 9.68 Å². The number of carbonyl (C=O) groups is 1. The first-order valence-electron chi connectivity index (χ1n) is 5.13. The summed E-state index contributed by atoms with van der Waals surface area (Å²) in [6, 6.07) is 0.0965. The van der Waals surface area contributed by atoms with Gasteiger partial charge in [0.1, 0.15) is 11.8 Å². The minimum Gasteiger partial charge on any atom is -0.508 e. The number of rotatable bonds is 3. The van der Waals surface area contributed by atoms with Crippen LogP contribution in [0, 0.1) is 0 Å². The molecular formula is C9H11NO3. The van der Waals surface area contributed by atoms with Crippen LogP contribution in [-0.2, 0) is 11.2 Å². The number of benzene rings is 1. The lowest BCUT2D eigenvalue weighted by Gasteiger charge is -2.05. The van der Waals surface area contributed by atoms with E-state index in [9.17, 15) is 4.79 Å². The highest BCUT2D eigenvalue weighted by Gasteiger charge is 2.11. The molecule has 1 rings (SSSR count). The van der Waals surface area contributed by atoms with E-state index >= 15 is 0 Å². The molecule has 0 fully saturated rings. The summed E-state index contributed by atoms with van der Waals surface area (Å²) in [5.74, 6) is -1.73. The maximum atomic E-state index is 10.6. The highest BCUT2D eigenvalue weighted by molar-refractivity contribution is 5.73. The normalized spacial score (nSPS) is 18.1. The second-order valence-corrected chi connectivity index (χ2v) is 2.45. The van der Waals surface area contributed by atoms with Gasteiger partial charge in [0.15, 0.2) is 0 Å². The monoisotopic (exact) mass is 184 g/mol. The van der Waals surface area contributed by atoms with Crippen LogP contribution in [-0.4, -0.2) is 22.2 Å². The molecule has 70 valence electrons. The molecule has 1 aromatic rings. The highest BCUT2D eigenvalue weighted by atomic mass is 16.4. The summed E-state index contributed by atoms with van der Waals surface area (Å²) in [5, 5.41) is 17.8. The van der Waals surface area contributed by atoms with E-state index in [1.165, 1.54) is 6.07 Å². The molecule has 0 amide bonds. The van der Waals surface area contributed by atoms with Crippen LogP contribution in [0.25, 0.3) is 0 Å². The van der Waals surface area contributed by atoms with Gasteiger partial charge in [0.05, 0.1) is 2.74 Å². The third-order valence-electron chi connectivity index (χ3n) is 1.40. The summed E-state index contributed by atoms with van der Waals surface area (Å²) < 4.78 is 22.4. The van der Waals surface area contributed by atoms with Crippen LogP contribution in [0.3, 0.4) is 0 Å². The van der Waals surface area contributed by atoms with E-state index in [1.807, 2.05) is 0 Å². The highest BCUT2D eigenvalue weighted by Crippen LogP contribution is 2.10. The molecule has 0 radical (unpaired) electrons. The molecule has 1 unspecified atom stereocenters. The van der Waals surface area contributed by atoms with Crippen molar-refractivity contribution in [2.45, 2.75) is 12.4 Å². The van der Waals surface area contributed by atoms with Crippen LogP contribution < -0.4 is 5.73 Å². The Balaban J connectivity index is 3.14. The van der Waals surface area contributed by atoms with Crippen molar-refractivity contribution < 1.29 is 19.1 Å². The van der Waals surface area contributed by atoms with Gasteiger partial charge in [0.25, 0.3) is 0 Å². The number of aromatic hydroxyl groups is 1. The summed E-state index contributed by atoms with van der Waals surface area (Å²) >= 11 is 0. The van der Waals surface area contributed by atoms with E-state index in [-0.39, 0.29) is 17.4 Å². The molecule has 0 aromatic heterocycles. The first-order chi connectivity index (χ1) is 7.36. The second-order valence-electron chi connectivity index (χ2n) is 2.45. The molecule has 0 aliphatic rings. The lowest BCUT2D eigenvalue weighted by atomic mass is 10.1. The fourth-order valence-corrected chi connectivity index (χ4v) is 0.750. The fourth-order valence-electron chi connectivity index (χ4n) is 0.750. The molecule has 4 N–H and O–H groups in total. The number of carboxylic acid groups (broad SMARTS) is 1. The van der Waals surface area contributed by atoms with Crippen molar-refractivity contribution in [1.29, 1.82) is 0 Å². The van der Waals surface area contributed by atoms with Crippen LogP contribution >= 0.6 is 0 Å². The van der Waals surface area contributed by atoms with Crippen molar-refractivity contribution in [3.63, 3.8) is 0 Å². The van der Waals surface area contributed by atoms with Gasteiger partial charge >= 0.3 is 5.97 Å². The Hall–Kier alpha value is -1.55. The van der Waals surface area contributed by atoms with Gasteiger partial charge < -0.3 is 15.9 Å². The molecule has 0 saturated carbocycles. The van der Waals surface area contributed by atoms with E-state index in [2.05, 4.69) is 0 Å². The number of hydrogen-bond acceptors (Lipinski definition) is 3. The molecule has 0 aliphatic heterocycles. The third kappa shape index (κ3) is 2.76. The molecule has 0 aliphatic carbocycles. The zero-order valence-corrected chi connectivity index (χ0v) is 6.69. The number of phenols is 1. The van der Waals surface area contributed by atoms with E-state index in [1.54, 1.807) is 0 Å². The Morgan fingerprint density at radius 1 is 1.69 bits per heavy atom. The van der Waals surface area contributed by atoms with Gasteiger partial charge in [-0.05, 0) is 24.1 Å². The minimum atomic E-state index is -1.46. The van der Waals surface area contributed by atoms with Gasteiger partial charge in [-0.15, -0.1) is 0 Å². The molecule has 0 spiro atoms. The fraction of sp³-hybridized carbons (Fsp3) is 0.222. The molecule has 1 aromatic carbocycles. The Morgan fingerprint density at radius 2 is 2.38 bits per heavy atom. The van der Waals surface area contributed by atoms with Crippen molar-refractivity contribution in [2.75, 3.05) is 0 Å². The van der Waals surface area contributed by atoms with E-state index < -0.39 is 24.5 Å². The molecule has 0 saturated heterocycles. The number of hydrogen-bond donors (Lipinski definition) is 3.